The zero-order valence-corrected chi connectivity index (χ0v) is 12.2. The van der Waals surface area contributed by atoms with E-state index in [0.29, 0.717) is 11.5 Å². The van der Waals surface area contributed by atoms with Gasteiger partial charge in [0.15, 0.2) is 5.96 Å². The molecule has 106 valence electrons. The molecule has 0 aromatic heterocycles. The van der Waals surface area contributed by atoms with Crippen LogP contribution in [-0.2, 0) is 0 Å². The van der Waals surface area contributed by atoms with Crippen LogP contribution in [0, 0.1) is 5.41 Å². The maximum Gasteiger partial charge on any atom is 0.193 e. The number of likely N-dealkylation sites (tertiary alicyclic amines) is 1. The van der Waals surface area contributed by atoms with Crippen molar-refractivity contribution in [3.8, 4) is 0 Å². The average molecular weight is 262 g/mol. The third kappa shape index (κ3) is 2.94. The van der Waals surface area contributed by atoms with Crippen molar-refractivity contribution in [3.05, 3.63) is 12.2 Å². The Morgan fingerprint density at radius 3 is 2.74 bits per heavy atom. The largest absolute Gasteiger partial charge is 0.356 e. The van der Waals surface area contributed by atoms with Crippen LogP contribution in [0.2, 0.25) is 0 Å². The number of hydrogen-bond donors (Lipinski definition) is 1. The van der Waals surface area contributed by atoms with E-state index in [1.54, 1.807) is 0 Å². The number of rotatable bonds is 3. The molecule has 0 radical (unpaired) electrons. The minimum absolute atomic E-state index is 0.536. The van der Waals surface area contributed by atoms with Gasteiger partial charge in [-0.05, 0) is 24.7 Å². The van der Waals surface area contributed by atoms with E-state index in [-0.39, 0.29) is 0 Å². The lowest BCUT2D eigenvalue weighted by Gasteiger charge is -2.26. The van der Waals surface area contributed by atoms with Gasteiger partial charge >= 0.3 is 0 Å². The molecule has 2 aliphatic heterocycles. The number of aliphatic imine (C=N–C) groups is 1. The Labute approximate surface area is 116 Å². The summed E-state index contributed by atoms with van der Waals surface area (Å²) in [5.74, 6) is 1.10. The van der Waals surface area contributed by atoms with Crippen molar-refractivity contribution >= 4 is 5.96 Å². The quantitative estimate of drug-likeness (QED) is 0.473. The van der Waals surface area contributed by atoms with Crippen LogP contribution < -0.4 is 5.32 Å². The highest BCUT2D eigenvalue weighted by molar-refractivity contribution is 5.80. The molecule has 0 amide bonds. The maximum absolute atomic E-state index is 4.46. The monoisotopic (exact) mass is 262 g/mol. The predicted molar refractivity (Wildman–Crippen MR) is 79.4 cm³/mol. The van der Waals surface area contributed by atoms with Crippen molar-refractivity contribution in [2.24, 2.45) is 10.4 Å². The number of nitrogens with zero attached hydrogens (tertiary/aromatic N) is 3. The second kappa shape index (κ2) is 5.16. The first-order valence-corrected chi connectivity index (χ1v) is 7.55. The summed E-state index contributed by atoms with van der Waals surface area (Å²) in [6.07, 6.45) is 8.55. The van der Waals surface area contributed by atoms with Crippen molar-refractivity contribution < 1.29 is 0 Å². The van der Waals surface area contributed by atoms with E-state index in [4.69, 9.17) is 0 Å². The fraction of sp³-hybridized carbons (Fsp3) is 0.800. The van der Waals surface area contributed by atoms with Crippen LogP contribution in [0.3, 0.4) is 0 Å². The molecule has 4 nitrogen and oxygen atoms in total. The first-order valence-electron chi connectivity index (χ1n) is 7.55. The van der Waals surface area contributed by atoms with Crippen LogP contribution in [0.1, 0.15) is 26.2 Å². The minimum atomic E-state index is 0.536. The van der Waals surface area contributed by atoms with Crippen LogP contribution in [0.5, 0.6) is 0 Å². The maximum atomic E-state index is 4.46. The van der Waals surface area contributed by atoms with Gasteiger partial charge in [-0.15, -0.1) is 0 Å². The van der Waals surface area contributed by atoms with Crippen LogP contribution in [0.25, 0.3) is 0 Å². The van der Waals surface area contributed by atoms with E-state index < -0.39 is 0 Å². The molecular formula is C15H26N4. The molecule has 19 heavy (non-hydrogen) atoms. The lowest BCUT2D eigenvalue weighted by Crippen LogP contribution is -2.44. The number of guanidine groups is 1. The van der Waals surface area contributed by atoms with Gasteiger partial charge in [-0.2, -0.15) is 0 Å². The third-order valence-electron chi connectivity index (χ3n) is 4.81. The van der Waals surface area contributed by atoms with Gasteiger partial charge in [0.1, 0.15) is 0 Å². The summed E-state index contributed by atoms with van der Waals surface area (Å²) < 4.78 is 0. The van der Waals surface area contributed by atoms with Gasteiger partial charge in [0.2, 0.25) is 0 Å². The molecule has 1 saturated carbocycles. The molecule has 0 bridgehead atoms. The summed E-state index contributed by atoms with van der Waals surface area (Å²) in [4.78, 5) is 9.45. The Morgan fingerprint density at radius 2 is 2.11 bits per heavy atom. The van der Waals surface area contributed by atoms with Crippen LogP contribution in [0.4, 0.5) is 0 Å². The summed E-state index contributed by atoms with van der Waals surface area (Å²) in [7, 11) is 1.91. The summed E-state index contributed by atoms with van der Waals surface area (Å²) in [5, 5.41) is 3.57. The van der Waals surface area contributed by atoms with Crippen molar-refractivity contribution in [2.75, 3.05) is 39.8 Å². The van der Waals surface area contributed by atoms with E-state index in [1.165, 1.54) is 19.3 Å². The molecule has 1 saturated heterocycles. The molecular weight excluding hydrogens is 236 g/mol. The minimum Gasteiger partial charge on any atom is -0.356 e. The Bertz CT molecular complexity index is 376. The first kappa shape index (κ1) is 13.0. The molecule has 0 aromatic rings. The highest BCUT2D eigenvalue weighted by atomic mass is 15.3. The smallest absolute Gasteiger partial charge is 0.193 e. The summed E-state index contributed by atoms with van der Waals surface area (Å²) in [5.41, 5.74) is 0.536. The summed E-state index contributed by atoms with van der Waals surface area (Å²) in [6.45, 7) is 7.95. The van der Waals surface area contributed by atoms with Gasteiger partial charge in [0, 0.05) is 45.8 Å². The lowest BCUT2D eigenvalue weighted by atomic mass is 10.1. The van der Waals surface area contributed by atoms with Gasteiger partial charge in [0.05, 0.1) is 0 Å². The molecule has 1 unspecified atom stereocenters. The molecule has 1 N–H and O–H groups in total. The molecule has 1 atom stereocenters. The standard InChI is InChI=1S/C15H26N4/c1-15(6-7-15)12-17-14(16-2)19-10-5-13(11-19)18-8-3-4-9-18/h3-4,13H,5-12H2,1-2H3,(H,16,17). The van der Waals surface area contributed by atoms with Gasteiger partial charge in [-0.25, -0.2) is 0 Å². The highest BCUT2D eigenvalue weighted by Gasteiger charge is 2.38. The Morgan fingerprint density at radius 1 is 1.37 bits per heavy atom. The molecule has 1 aliphatic carbocycles. The van der Waals surface area contributed by atoms with Crippen molar-refractivity contribution in [3.63, 3.8) is 0 Å². The van der Waals surface area contributed by atoms with Gasteiger partial charge in [-0.3, -0.25) is 9.89 Å². The topological polar surface area (TPSA) is 30.9 Å². The SMILES string of the molecule is CN=C(NCC1(C)CC1)N1CCC(N2CC=CC2)C1. The molecule has 2 heterocycles. The second-order valence-corrected chi connectivity index (χ2v) is 6.53. The lowest BCUT2D eigenvalue weighted by molar-refractivity contribution is 0.259. The predicted octanol–water partition coefficient (Wildman–Crippen LogP) is 1.31. The molecule has 0 spiro atoms. The van der Waals surface area contributed by atoms with E-state index in [9.17, 15) is 0 Å². The normalized spacial score (nSPS) is 30.1. The molecule has 3 aliphatic rings. The average Bonchev–Trinajstić information content (AvgIpc) is 2.90. The fourth-order valence-corrected chi connectivity index (χ4v) is 3.04. The van der Waals surface area contributed by atoms with Crippen LogP contribution in [0.15, 0.2) is 17.1 Å². The van der Waals surface area contributed by atoms with Gasteiger partial charge in [-0.1, -0.05) is 19.1 Å². The number of hydrogen-bond acceptors (Lipinski definition) is 2. The van der Waals surface area contributed by atoms with Gasteiger partial charge < -0.3 is 10.2 Å². The Hall–Kier alpha value is -1.03. The zero-order chi connectivity index (χ0) is 13.3. The zero-order valence-electron chi connectivity index (χ0n) is 12.2. The van der Waals surface area contributed by atoms with Gasteiger partial charge in [0.25, 0.3) is 0 Å². The van der Waals surface area contributed by atoms with E-state index in [1.807, 2.05) is 7.05 Å². The van der Waals surface area contributed by atoms with Crippen molar-refractivity contribution in [2.45, 2.75) is 32.2 Å². The van der Waals surface area contributed by atoms with E-state index >= 15 is 0 Å². The molecule has 0 aromatic carbocycles. The van der Waals surface area contributed by atoms with E-state index in [2.05, 4.69) is 39.2 Å². The third-order valence-corrected chi connectivity index (χ3v) is 4.81. The molecule has 4 heteroatoms. The Kier molecular flexibility index (Phi) is 3.52. The number of nitrogens with one attached hydrogen (secondary N) is 1. The van der Waals surface area contributed by atoms with E-state index in [0.717, 1.165) is 38.7 Å². The fourth-order valence-electron chi connectivity index (χ4n) is 3.04. The molecule has 2 fully saturated rings. The Balaban J connectivity index is 1.50. The highest BCUT2D eigenvalue weighted by Crippen LogP contribution is 2.44. The second-order valence-electron chi connectivity index (χ2n) is 6.53. The first-order chi connectivity index (χ1) is 9.20. The molecule has 3 rings (SSSR count). The van der Waals surface area contributed by atoms with Crippen molar-refractivity contribution in [1.82, 2.24) is 15.1 Å². The van der Waals surface area contributed by atoms with Crippen LogP contribution >= 0.6 is 0 Å². The summed E-state index contributed by atoms with van der Waals surface area (Å²) >= 11 is 0. The van der Waals surface area contributed by atoms with Crippen molar-refractivity contribution in [1.29, 1.82) is 0 Å². The summed E-state index contributed by atoms with van der Waals surface area (Å²) in [6, 6.07) is 0.699. The van der Waals surface area contributed by atoms with Crippen LogP contribution in [-0.4, -0.2) is 61.6 Å².